The van der Waals surface area contributed by atoms with Crippen molar-refractivity contribution in [1.29, 1.82) is 0 Å². The lowest BCUT2D eigenvalue weighted by molar-refractivity contribution is -0.161. The Labute approximate surface area is 567 Å². The molecule has 0 aromatic carbocycles. The Bertz CT molecular complexity index is 1920. The predicted molar refractivity (Wildman–Crippen MR) is 377 cm³/mol. The number of unbranched alkanes of at least 4 members (excludes halogenated alkanes) is 32. The summed E-state index contributed by atoms with van der Waals surface area (Å²) >= 11 is 0. The molecule has 0 amide bonds. The number of carbonyl (C=O) groups excluding carboxylic acids is 4. The molecule has 3 N–H and O–H groups in total. The summed E-state index contributed by atoms with van der Waals surface area (Å²) in [5.41, 5.74) is 0. The Morgan fingerprint density at radius 3 is 0.903 bits per heavy atom. The fourth-order valence-corrected chi connectivity index (χ4v) is 12.2. The van der Waals surface area contributed by atoms with Crippen LogP contribution in [-0.2, 0) is 65.4 Å². The van der Waals surface area contributed by atoms with E-state index < -0.39 is 97.5 Å². The Morgan fingerprint density at radius 2 is 0.602 bits per heavy atom. The van der Waals surface area contributed by atoms with E-state index in [1.54, 1.807) is 0 Å². The number of esters is 4. The summed E-state index contributed by atoms with van der Waals surface area (Å²) < 4.78 is 68.4. The van der Waals surface area contributed by atoms with Gasteiger partial charge in [0.2, 0.25) is 0 Å². The molecule has 0 bridgehead atoms. The molecule has 0 aliphatic heterocycles. The van der Waals surface area contributed by atoms with Crippen LogP contribution in [0.5, 0.6) is 0 Å². The van der Waals surface area contributed by atoms with Crippen LogP contribution in [0.25, 0.3) is 0 Å². The van der Waals surface area contributed by atoms with Crippen molar-refractivity contribution in [2.24, 2.45) is 17.8 Å². The van der Waals surface area contributed by atoms with Crippen LogP contribution in [0.15, 0.2) is 24.3 Å². The van der Waals surface area contributed by atoms with Crippen LogP contribution in [0.4, 0.5) is 0 Å². The van der Waals surface area contributed by atoms with Crippen LogP contribution in [0.3, 0.4) is 0 Å². The molecule has 0 radical (unpaired) electrons. The lowest BCUT2D eigenvalue weighted by Crippen LogP contribution is -2.30. The average molecular weight is 1360 g/mol. The first-order valence-corrected chi connectivity index (χ1v) is 40.8. The quantitative estimate of drug-likeness (QED) is 0.0169. The molecule has 0 rings (SSSR count). The largest absolute Gasteiger partial charge is 0.472 e. The molecule has 17 nitrogen and oxygen atoms in total. The van der Waals surface area contributed by atoms with Gasteiger partial charge in [0.05, 0.1) is 26.4 Å². The van der Waals surface area contributed by atoms with Gasteiger partial charge in [0.1, 0.15) is 19.3 Å². The van der Waals surface area contributed by atoms with Gasteiger partial charge in [0, 0.05) is 25.7 Å². The zero-order valence-corrected chi connectivity index (χ0v) is 62.0. The van der Waals surface area contributed by atoms with Crippen LogP contribution in [0.2, 0.25) is 0 Å². The monoisotopic (exact) mass is 1360 g/mol. The molecule has 93 heavy (non-hydrogen) atoms. The van der Waals surface area contributed by atoms with Crippen LogP contribution in [0, 0.1) is 17.8 Å². The van der Waals surface area contributed by atoms with Crippen LogP contribution >= 0.6 is 15.6 Å². The highest BCUT2D eigenvalue weighted by Crippen LogP contribution is 2.45. The minimum absolute atomic E-state index is 0.0989. The smallest absolute Gasteiger partial charge is 0.462 e. The average Bonchev–Trinajstić information content (AvgIpc) is 2.38. The highest BCUT2D eigenvalue weighted by Gasteiger charge is 2.30. The normalized spacial score (nSPS) is 15.2. The number of hydrogen-bond acceptors (Lipinski definition) is 15. The molecule has 0 aliphatic rings. The first-order valence-electron chi connectivity index (χ1n) is 37.8. The molecule has 0 spiro atoms. The predicted octanol–water partition coefficient (Wildman–Crippen LogP) is 21.0. The number of aliphatic hydroxyl groups is 1. The summed E-state index contributed by atoms with van der Waals surface area (Å²) in [5.74, 6) is 0.178. The van der Waals surface area contributed by atoms with Crippen molar-refractivity contribution in [3.05, 3.63) is 24.3 Å². The maximum atomic E-state index is 13.1. The summed E-state index contributed by atoms with van der Waals surface area (Å²) in [6.45, 7) is 11.8. The summed E-state index contributed by atoms with van der Waals surface area (Å²) in [4.78, 5) is 72.7. The van der Waals surface area contributed by atoms with Gasteiger partial charge in [-0.1, -0.05) is 297 Å². The molecule has 8 atom stereocenters. The van der Waals surface area contributed by atoms with Gasteiger partial charge in [0.25, 0.3) is 0 Å². The van der Waals surface area contributed by atoms with Crippen molar-refractivity contribution < 1.29 is 80.2 Å². The molecule has 0 saturated heterocycles. The minimum atomic E-state index is -4.96. The molecular formula is C74H140O17P2. The van der Waals surface area contributed by atoms with Gasteiger partial charge in [0.15, 0.2) is 12.2 Å². The van der Waals surface area contributed by atoms with Gasteiger partial charge in [-0.05, 0) is 69.1 Å². The van der Waals surface area contributed by atoms with E-state index in [0.717, 1.165) is 133 Å². The maximum Gasteiger partial charge on any atom is 0.472 e. The Kier molecular flexibility index (Phi) is 62.5. The molecule has 0 aromatic heterocycles. The van der Waals surface area contributed by atoms with Gasteiger partial charge in [-0.3, -0.25) is 37.3 Å². The van der Waals surface area contributed by atoms with Crippen molar-refractivity contribution in [3.63, 3.8) is 0 Å². The molecule has 0 aliphatic carbocycles. The van der Waals surface area contributed by atoms with E-state index in [2.05, 4.69) is 72.8 Å². The lowest BCUT2D eigenvalue weighted by Gasteiger charge is -2.21. The molecule has 0 fully saturated rings. The second kappa shape index (κ2) is 64.2. The number of phosphoric acid groups is 2. The Hall–Kier alpha value is -2.46. The highest BCUT2D eigenvalue weighted by atomic mass is 31.2. The third kappa shape index (κ3) is 64.0. The standard InChI is InChI=1S/C74H140O17P2/c1-8-12-13-14-15-16-17-18-19-20-21-28-33-41-48-55-71(76)84-61-69(90-73(78)57-50-43-34-29-24-22-26-31-38-45-52-65(5)9-2)63-88-92(80,81)86-59-68(75)60-87-93(82,83)89-64-70(62-85-72(77)56-49-42-37-36-40-47-54-67(7)11-4)91-74(79)58-51-44-35-30-25-23-27-32-39-46-53-66(6)10-3/h16-19,65-70,75H,8-15,20-64H2,1-7H3,(H,80,81)(H,82,83)/b17-16-,19-18-/t65?,66?,67?,68-,69-,70-/m1/s1. The number of rotatable bonds is 70. The van der Waals surface area contributed by atoms with Gasteiger partial charge >= 0.3 is 39.5 Å². The SMILES string of the molecule is CCCCCC/C=C\C=C/CCCCCCCC(=O)OC[C@H](COP(=O)(O)OC[C@@H](O)COP(=O)(O)OC[C@@H](COC(=O)CCCCCCCCC(C)CC)OC(=O)CCCCCCCCCCCCC(C)CC)OC(=O)CCCCCCCCCCCCC(C)CC. The maximum absolute atomic E-state index is 13.1. The number of carbonyl (C=O) groups is 4. The second-order valence-electron chi connectivity index (χ2n) is 26.7. The summed E-state index contributed by atoms with van der Waals surface area (Å²) in [5, 5.41) is 10.6. The van der Waals surface area contributed by atoms with E-state index in [4.69, 9.17) is 37.0 Å². The first kappa shape index (κ1) is 90.5. The van der Waals surface area contributed by atoms with Gasteiger partial charge in [-0.15, -0.1) is 0 Å². The van der Waals surface area contributed by atoms with Gasteiger partial charge in [-0.25, -0.2) is 9.13 Å². The summed E-state index contributed by atoms with van der Waals surface area (Å²) in [7, 11) is -9.92. The van der Waals surface area contributed by atoms with Crippen LogP contribution < -0.4 is 0 Å². The molecule has 0 heterocycles. The summed E-state index contributed by atoms with van der Waals surface area (Å²) in [6, 6.07) is 0. The summed E-state index contributed by atoms with van der Waals surface area (Å²) in [6.07, 6.45) is 52.0. The van der Waals surface area contributed by atoms with E-state index in [-0.39, 0.29) is 25.7 Å². The van der Waals surface area contributed by atoms with Crippen molar-refractivity contribution in [2.45, 2.75) is 369 Å². The number of allylic oxidation sites excluding steroid dienone is 4. The van der Waals surface area contributed by atoms with E-state index in [1.807, 2.05) is 0 Å². The number of ether oxygens (including phenoxy) is 4. The van der Waals surface area contributed by atoms with Crippen LogP contribution in [0.1, 0.15) is 350 Å². The molecule has 0 aromatic rings. The Balaban J connectivity index is 5.31. The third-order valence-electron chi connectivity index (χ3n) is 17.6. The third-order valence-corrected chi connectivity index (χ3v) is 19.5. The topological polar surface area (TPSA) is 237 Å². The minimum Gasteiger partial charge on any atom is -0.462 e. The molecule has 0 saturated carbocycles. The molecule has 19 heteroatoms. The van der Waals surface area contributed by atoms with Crippen molar-refractivity contribution >= 4 is 39.5 Å². The van der Waals surface area contributed by atoms with E-state index in [9.17, 15) is 43.2 Å². The van der Waals surface area contributed by atoms with Gasteiger partial charge < -0.3 is 33.8 Å². The second-order valence-corrected chi connectivity index (χ2v) is 29.6. The van der Waals surface area contributed by atoms with E-state index in [0.29, 0.717) is 25.7 Å². The number of hydrogen-bond donors (Lipinski definition) is 3. The van der Waals surface area contributed by atoms with Crippen LogP contribution in [-0.4, -0.2) is 96.7 Å². The van der Waals surface area contributed by atoms with Crippen molar-refractivity contribution in [2.75, 3.05) is 39.6 Å². The molecule has 5 unspecified atom stereocenters. The lowest BCUT2D eigenvalue weighted by atomic mass is 9.99. The molecule has 548 valence electrons. The molecular weight excluding hydrogens is 1220 g/mol. The van der Waals surface area contributed by atoms with E-state index >= 15 is 0 Å². The van der Waals surface area contributed by atoms with E-state index in [1.165, 1.54) is 135 Å². The van der Waals surface area contributed by atoms with Gasteiger partial charge in [-0.2, -0.15) is 0 Å². The first-order chi connectivity index (χ1) is 44.8. The zero-order chi connectivity index (χ0) is 68.7. The highest BCUT2D eigenvalue weighted by molar-refractivity contribution is 7.47. The van der Waals surface area contributed by atoms with Crippen molar-refractivity contribution in [3.8, 4) is 0 Å². The fourth-order valence-electron chi connectivity index (χ4n) is 10.6. The zero-order valence-electron chi connectivity index (χ0n) is 60.2. The fraction of sp³-hybridized carbons (Fsp3) is 0.892. The number of aliphatic hydroxyl groups excluding tert-OH is 1. The number of phosphoric ester groups is 2. The Morgan fingerprint density at radius 1 is 0.344 bits per heavy atom. The van der Waals surface area contributed by atoms with Crippen molar-refractivity contribution in [1.82, 2.24) is 0 Å².